The van der Waals surface area contributed by atoms with Crippen LogP contribution in [0, 0.1) is 0 Å². The SMILES string of the molecule is CCOc1cccc2c1nc(CCCl)n2CCOC(N)=O. The maximum Gasteiger partial charge on any atom is 0.404 e. The van der Waals surface area contributed by atoms with Crippen molar-refractivity contribution in [2.24, 2.45) is 5.73 Å². The summed E-state index contributed by atoms with van der Waals surface area (Å²) in [7, 11) is 0. The number of benzene rings is 1. The Kier molecular flexibility index (Phi) is 5.27. The van der Waals surface area contributed by atoms with E-state index in [4.69, 9.17) is 26.8 Å². The largest absolute Gasteiger partial charge is 0.492 e. The molecule has 21 heavy (non-hydrogen) atoms. The molecule has 0 radical (unpaired) electrons. The molecule has 0 aliphatic carbocycles. The van der Waals surface area contributed by atoms with E-state index in [0.29, 0.717) is 25.5 Å². The maximum absolute atomic E-state index is 10.7. The van der Waals surface area contributed by atoms with E-state index in [1.165, 1.54) is 0 Å². The highest BCUT2D eigenvalue weighted by Gasteiger charge is 2.14. The highest BCUT2D eigenvalue weighted by molar-refractivity contribution is 6.17. The van der Waals surface area contributed by atoms with Crippen LogP contribution in [-0.2, 0) is 17.7 Å². The Labute approximate surface area is 127 Å². The molecule has 0 saturated heterocycles. The summed E-state index contributed by atoms with van der Waals surface area (Å²) in [6, 6.07) is 5.74. The van der Waals surface area contributed by atoms with Crippen molar-refractivity contribution in [3.05, 3.63) is 24.0 Å². The number of primary amides is 1. The van der Waals surface area contributed by atoms with Gasteiger partial charge in [0.25, 0.3) is 0 Å². The molecule has 0 aliphatic rings. The average Bonchev–Trinajstić information content (AvgIpc) is 2.79. The Bertz CT molecular complexity index is 627. The van der Waals surface area contributed by atoms with Crippen molar-refractivity contribution in [2.75, 3.05) is 19.1 Å². The molecule has 0 aliphatic heterocycles. The smallest absolute Gasteiger partial charge is 0.404 e. The molecular weight excluding hydrogens is 294 g/mol. The van der Waals surface area contributed by atoms with Crippen LogP contribution in [0.5, 0.6) is 5.75 Å². The van der Waals surface area contributed by atoms with Gasteiger partial charge in [-0.05, 0) is 19.1 Å². The van der Waals surface area contributed by atoms with E-state index >= 15 is 0 Å². The van der Waals surface area contributed by atoms with Gasteiger partial charge in [0.2, 0.25) is 0 Å². The number of nitrogens with two attached hydrogens (primary N) is 1. The molecule has 0 saturated carbocycles. The molecule has 1 heterocycles. The Morgan fingerprint density at radius 3 is 2.95 bits per heavy atom. The van der Waals surface area contributed by atoms with Crippen molar-refractivity contribution in [3.8, 4) is 5.75 Å². The van der Waals surface area contributed by atoms with Crippen molar-refractivity contribution in [3.63, 3.8) is 0 Å². The van der Waals surface area contributed by atoms with E-state index in [9.17, 15) is 4.79 Å². The molecule has 0 bridgehead atoms. The van der Waals surface area contributed by atoms with Gasteiger partial charge in [-0.15, -0.1) is 11.6 Å². The van der Waals surface area contributed by atoms with Crippen LogP contribution < -0.4 is 10.5 Å². The fraction of sp³-hybridized carbons (Fsp3) is 0.429. The van der Waals surface area contributed by atoms with Gasteiger partial charge >= 0.3 is 6.09 Å². The predicted molar refractivity (Wildman–Crippen MR) is 80.9 cm³/mol. The molecular formula is C14H18ClN3O3. The van der Waals surface area contributed by atoms with E-state index in [2.05, 4.69) is 4.98 Å². The van der Waals surface area contributed by atoms with Gasteiger partial charge in [0.05, 0.1) is 18.7 Å². The quantitative estimate of drug-likeness (QED) is 0.796. The normalized spacial score (nSPS) is 10.8. The summed E-state index contributed by atoms with van der Waals surface area (Å²) in [5.41, 5.74) is 6.69. The first-order chi connectivity index (χ1) is 10.2. The van der Waals surface area contributed by atoms with Crippen LogP contribution in [0.4, 0.5) is 4.79 Å². The standard InChI is InChI=1S/C14H18ClN3O3/c1-2-20-11-5-3-4-10-13(11)17-12(6-7-15)18(10)8-9-21-14(16)19/h3-5H,2,6-9H2,1H3,(H2,16,19). The number of aromatic nitrogens is 2. The summed E-state index contributed by atoms with van der Waals surface area (Å²) in [4.78, 5) is 15.3. The third kappa shape index (κ3) is 3.58. The number of aryl methyl sites for hydroxylation is 1. The molecule has 1 amide bonds. The van der Waals surface area contributed by atoms with Crippen molar-refractivity contribution < 1.29 is 14.3 Å². The summed E-state index contributed by atoms with van der Waals surface area (Å²) in [6.07, 6.45) is -0.161. The first kappa shape index (κ1) is 15.4. The Hall–Kier alpha value is -1.95. The van der Waals surface area contributed by atoms with E-state index < -0.39 is 6.09 Å². The van der Waals surface area contributed by atoms with E-state index in [1.807, 2.05) is 29.7 Å². The minimum atomic E-state index is -0.784. The molecule has 1 aromatic heterocycles. The summed E-state index contributed by atoms with van der Waals surface area (Å²) in [6.45, 7) is 3.16. The summed E-state index contributed by atoms with van der Waals surface area (Å²) < 4.78 is 12.4. The second-order valence-corrected chi connectivity index (χ2v) is 4.72. The number of carbonyl (C=O) groups excluding carboxylic acids is 1. The van der Waals surface area contributed by atoms with Gasteiger partial charge in [0.15, 0.2) is 0 Å². The Morgan fingerprint density at radius 1 is 1.48 bits per heavy atom. The van der Waals surface area contributed by atoms with Crippen LogP contribution >= 0.6 is 11.6 Å². The van der Waals surface area contributed by atoms with Gasteiger partial charge in [-0.25, -0.2) is 9.78 Å². The lowest BCUT2D eigenvalue weighted by molar-refractivity contribution is 0.152. The van der Waals surface area contributed by atoms with Gasteiger partial charge < -0.3 is 19.8 Å². The highest BCUT2D eigenvalue weighted by atomic mass is 35.5. The Balaban J connectivity index is 2.37. The molecule has 114 valence electrons. The molecule has 2 rings (SSSR count). The lowest BCUT2D eigenvalue weighted by atomic mass is 10.3. The van der Waals surface area contributed by atoms with Crippen molar-refractivity contribution in [1.82, 2.24) is 9.55 Å². The van der Waals surface area contributed by atoms with Crippen LogP contribution in [0.3, 0.4) is 0 Å². The van der Waals surface area contributed by atoms with Crippen LogP contribution in [0.25, 0.3) is 11.0 Å². The number of hydrogen-bond donors (Lipinski definition) is 1. The van der Waals surface area contributed by atoms with Gasteiger partial charge in [-0.3, -0.25) is 0 Å². The number of alkyl halides is 1. The number of halogens is 1. The lowest BCUT2D eigenvalue weighted by Crippen LogP contribution is -2.17. The van der Waals surface area contributed by atoms with Crippen LogP contribution in [0.1, 0.15) is 12.7 Å². The van der Waals surface area contributed by atoms with Crippen LogP contribution in [-0.4, -0.2) is 34.7 Å². The first-order valence-electron chi connectivity index (χ1n) is 6.76. The number of imidazole rings is 1. The van der Waals surface area contributed by atoms with Crippen molar-refractivity contribution in [1.29, 1.82) is 0 Å². The van der Waals surface area contributed by atoms with Crippen molar-refractivity contribution >= 4 is 28.7 Å². The molecule has 0 spiro atoms. The number of amides is 1. The first-order valence-corrected chi connectivity index (χ1v) is 7.30. The maximum atomic E-state index is 10.7. The average molecular weight is 312 g/mol. The van der Waals surface area contributed by atoms with E-state index in [1.54, 1.807) is 0 Å². The zero-order valence-electron chi connectivity index (χ0n) is 11.8. The lowest BCUT2D eigenvalue weighted by Gasteiger charge is -2.08. The fourth-order valence-electron chi connectivity index (χ4n) is 2.20. The minimum Gasteiger partial charge on any atom is -0.492 e. The molecule has 7 heteroatoms. The number of hydrogen-bond acceptors (Lipinski definition) is 4. The number of ether oxygens (including phenoxy) is 2. The third-order valence-electron chi connectivity index (χ3n) is 3.00. The molecule has 0 fully saturated rings. The van der Waals surface area contributed by atoms with E-state index in [-0.39, 0.29) is 6.61 Å². The molecule has 6 nitrogen and oxygen atoms in total. The second kappa shape index (κ2) is 7.17. The zero-order valence-corrected chi connectivity index (χ0v) is 12.6. The summed E-state index contributed by atoms with van der Waals surface area (Å²) >= 11 is 5.83. The van der Waals surface area contributed by atoms with Gasteiger partial charge in [-0.2, -0.15) is 0 Å². The monoisotopic (exact) mass is 311 g/mol. The number of para-hydroxylation sites is 1. The molecule has 1 aromatic carbocycles. The van der Waals surface area contributed by atoms with Crippen LogP contribution in [0.15, 0.2) is 18.2 Å². The van der Waals surface area contributed by atoms with Crippen molar-refractivity contribution in [2.45, 2.75) is 19.9 Å². The Morgan fingerprint density at radius 2 is 2.29 bits per heavy atom. The molecule has 0 unspecified atom stereocenters. The summed E-state index contributed by atoms with van der Waals surface area (Å²) in [5.74, 6) is 2.03. The number of nitrogens with zero attached hydrogens (tertiary/aromatic N) is 2. The van der Waals surface area contributed by atoms with Crippen LogP contribution in [0.2, 0.25) is 0 Å². The van der Waals surface area contributed by atoms with Gasteiger partial charge in [0.1, 0.15) is 23.7 Å². The van der Waals surface area contributed by atoms with E-state index in [0.717, 1.165) is 22.6 Å². The molecule has 2 N–H and O–H groups in total. The van der Waals surface area contributed by atoms with Gasteiger partial charge in [0, 0.05) is 12.3 Å². The second-order valence-electron chi connectivity index (χ2n) is 4.34. The molecule has 2 aromatic rings. The predicted octanol–water partition coefficient (Wildman–Crippen LogP) is 2.31. The number of carbonyl (C=O) groups is 1. The molecule has 0 atom stereocenters. The van der Waals surface area contributed by atoms with Gasteiger partial charge in [-0.1, -0.05) is 6.07 Å². The summed E-state index contributed by atoms with van der Waals surface area (Å²) in [5, 5.41) is 0. The topological polar surface area (TPSA) is 79.4 Å². The fourth-order valence-corrected chi connectivity index (χ4v) is 2.37. The highest BCUT2D eigenvalue weighted by Crippen LogP contribution is 2.26. The third-order valence-corrected chi connectivity index (χ3v) is 3.19. The zero-order chi connectivity index (χ0) is 15.2. The number of fused-ring (bicyclic) bond motifs is 1. The minimum absolute atomic E-state index is 0.189. The number of rotatable bonds is 7.